The number of aromatic nitrogens is 2. The van der Waals surface area contributed by atoms with Gasteiger partial charge in [-0.1, -0.05) is 18.7 Å². The van der Waals surface area contributed by atoms with Crippen molar-refractivity contribution in [3.05, 3.63) is 55.6 Å². The van der Waals surface area contributed by atoms with Crippen molar-refractivity contribution in [3.8, 4) is 11.5 Å². The Kier molecular flexibility index (Phi) is 7.50. The molecule has 154 valence electrons. The normalized spacial score (nSPS) is 13.8. The lowest BCUT2D eigenvalue weighted by atomic mass is 10.0. The summed E-state index contributed by atoms with van der Waals surface area (Å²) in [7, 11) is 1.65. The molecule has 0 saturated carbocycles. The van der Waals surface area contributed by atoms with Gasteiger partial charge in [0.05, 0.1) is 25.5 Å². The number of allylic oxidation sites excluding steroid dienone is 1. The number of ether oxygens (including phenoxy) is 3. The van der Waals surface area contributed by atoms with Gasteiger partial charge in [0.1, 0.15) is 18.8 Å². The van der Waals surface area contributed by atoms with E-state index in [0.717, 1.165) is 61.2 Å². The number of fused-ring (bicyclic) bond motifs is 1. The molecule has 1 aromatic carbocycles. The van der Waals surface area contributed by atoms with E-state index in [1.54, 1.807) is 19.5 Å². The molecular formula is C23H29N3O3. The predicted octanol–water partition coefficient (Wildman–Crippen LogP) is 4.67. The summed E-state index contributed by atoms with van der Waals surface area (Å²) in [6.45, 7) is 10.3. The zero-order valence-corrected chi connectivity index (χ0v) is 17.1. The van der Waals surface area contributed by atoms with E-state index < -0.39 is 0 Å². The molecule has 1 saturated heterocycles. The fraction of sp³-hybridized carbons (Fsp3) is 0.391. The van der Waals surface area contributed by atoms with Crippen LogP contribution < -0.4 is 14.4 Å². The van der Waals surface area contributed by atoms with Crippen molar-refractivity contribution < 1.29 is 14.2 Å². The van der Waals surface area contributed by atoms with Gasteiger partial charge in [-0.2, -0.15) is 0 Å². The molecule has 1 fully saturated rings. The first kappa shape index (κ1) is 20.7. The molecule has 1 aliphatic heterocycles. The van der Waals surface area contributed by atoms with Crippen molar-refractivity contribution in [2.24, 2.45) is 0 Å². The number of nitrogens with zero attached hydrogens (tertiary/aromatic N) is 3. The molecule has 6 nitrogen and oxygen atoms in total. The monoisotopic (exact) mass is 395 g/mol. The summed E-state index contributed by atoms with van der Waals surface area (Å²) >= 11 is 0. The number of piperidine rings is 1. The molecule has 3 rings (SSSR count). The minimum absolute atomic E-state index is 0.543. The number of benzene rings is 1. The molecule has 0 atom stereocenters. The highest BCUT2D eigenvalue weighted by Gasteiger charge is 2.19. The second-order valence-corrected chi connectivity index (χ2v) is 6.88. The number of unbranched alkanes of at least 4 members (excludes halogenated alkanes) is 1. The van der Waals surface area contributed by atoms with E-state index in [9.17, 15) is 0 Å². The van der Waals surface area contributed by atoms with Gasteiger partial charge in [0, 0.05) is 24.5 Å². The summed E-state index contributed by atoms with van der Waals surface area (Å²) in [6, 6.07) is 3.91. The Hall–Kier alpha value is -3.02. The highest BCUT2D eigenvalue weighted by molar-refractivity contribution is 5.92. The first-order valence-corrected chi connectivity index (χ1v) is 9.98. The maximum Gasteiger partial charge on any atom is 0.162 e. The molecule has 0 aliphatic carbocycles. The fourth-order valence-electron chi connectivity index (χ4n) is 3.34. The average Bonchev–Trinajstić information content (AvgIpc) is 2.76. The van der Waals surface area contributed by atoms with Crippen LogP contribution in [0.1, 0.15) is 25.7 Å². The van der Waals surface area contributed by atoms with Crippen molar-refractivity contribution in [2.45, 2.75) is 25.7 Å². The van der Waals surface area contributed by atoms with E-state index in [-0.39, 0.29) is 0 Å². The summed E-state index contributed by atoms with van der Waals surface area (Å²) in [5.41, 5.74) is 2.16. The van der Waals surface area contributed by atoms with Crippen LogP contribution in [-0.2, 0) is 4.74 Å². The number of hydrogen-bond acceptors (Lipinski definition) is 6. The van der Waals surface area contributed by atoms with Gasteiger partial charge in [-0.05, 0) is 37.3 Å². The van der Waals surface area contributed by atoms with E-state index in [2.05, 4.69) is 28.0 Å². The lowest BCUT2D eigenvalue weighted by molar-refractivity contribution is 0.283. The summed E-state index contributed by atoms with van der Waals surface area (Å²) in [6.07, 6.45) is 10.9. The molecule has 0 amide bonds. The predicted molar refractivity (Wildman–Crippen MR) is 117 cm³/mol. The molecule has 0 bridgehead atoms. The second kappa shape index (κ2) is 10.5. The summed E-state index contributed by atoms with van der Waals surface area (Å²) in [5, 5.41) is 0.974. The van der Waals surface area contributed by atoms with Crippen LogP contribution >= 0.6 is 0 Å². The number of rotatable bonds is 10. The van der Waals surface area contributed by atoms with E-state index in [1.165, 1.54) is 5.57 Å². The van der Waals surface area contributed by atoms with Gasteiger partial charge in [-0.3, -0.25) is 0 Å². The quantitative estimate of drug-likeness (QED) is 0.331. The van der Waals surface area contributed by atoms with E-state index in [1.807, 2.05) is 24.5 Å². The van der Waals surface area contributed by atoms with Gasteiger partial charge >= 0.3 is 0 Å². The van der Waals surface area contributed by atoms with Crippen LogP contribution in [-0.4, -0.2) is 43.4 Å². The Morgan fingerprint density at radius 2 is 1.93 bits per heavy atom. The average molecular weight is 396 g/mol. The fourth-order valence-corrected chi connectivity index (χ4v) is 3.34. The Labute approximate surface area is 172 Å². The second-order valence-electron chi connectivity index (χ2n) is 6.88. The Morgan fingerprint density at radius 1 is 1.10 bits per heavy atom. The standard InChI is InChI=1S/C23H29N3O3/c1-4-6-7-13-29-22-14-19-20(15-21(22)27-3)24-17-25-23(19)26-10-8-18(9-11-26)16-28-12-5-2/h4-5,14-17H,1-2,6-13H2,3H3. The summed E-state index contributed by atoms with van der Waals surface area (Å²) < 4.78 is 16.9. The summed E-state index contributed by atoms with van der Waals surface area (Å²) in [4.78, 5) is 11.3. The largest absolute Gasteiger partial charge is 0.497 e. The Bertz CT molecular complexity index is 869. The molecule has 2 heterocycles. The third-order valence-corrected chi connectivity index (χ3v) is 4.88. The lowest BCUT2D eigenvalue weighted by Gasteiger charge is -2.30. The van der Waals surface area contributed by atoms with Crippen molar-refractivity contribution in [3.63, 3.8) is 0 Å². The maximum atomic E-state index is 5.97. The Balaban J connectivity index is 1.80. The van der Waals surface area contributed by atoms with Crippen molar-refractivity contribution in [1.82, 2.24) is 9.97 Å². The third-order valence-electron chi connectivity index (χ3n) is 4.88. The molecule has 29 heavy (non-hydrogen) atoms. The molecule has 0 N–H and O–H groups in total. The number of hydrogen-bond donors (Lipinski definition) is 0. The molecule has 0 radical (unpaired) electrons. The van der Waals surface area contributed by atoms with Crippen molar-refractivity contribution >= 4 is 16.7 Å². The smallest absolute Gasteiger partial charge is 0.162 e. The number of methoxy groups -OCH3 is 1. The van der Waals surface area contributed by atoms with Gasteiger partial charge in [-0.25, -0.2) is 9.97 Å². The van der Waals surface area contributed by atoms with E-state index >= 15 is 0 Å². The first-order chi connectivity index (χ1) is 14.3. The third kappa shape index (κ3) is 5.28. The SMILES string of the molecule is C=CCCCOc1cc2c(N3CCC(=COCC=C)CC3)ncnc2cc1OC. The Morgan fingerprint density at radius 3 is 2.66 bits per heavy atom. The molecule has 0 unspecified atom stereocenters. The van der Waals surface area contributed by atoms with Crippen LogP contribution in [0.5, 0.6) is 11.5 Å². The van der Waals surface area contributed by atoms with Crippen LogP contribution in [0.25, 0.3) is 10.9 Å². The molecule has 1 aliphatic rings. The van der Waals surface area contributed by atoms with Crippen LogP contribution in [0.15, 0.2) is 55.6 Å². The van der Waals surface area contributed by atoms with Crippen LogP contribution in [0.4, 0.5) is 5.82 Å². The molecule has 1 aromatic heterocycles. The molecular weight excluding hydrogens is 366 g/mol. The maximum absolute atomic E-state index is 5.97. The van der Waals surface area contributed by atoms with Crippen molar-refractivity contribution in [1.29, 1.82) is 0 Å². The lowest BCUT2D eigenvalue weighted by Crippen LogP contribution is -2.31. The topological polar surface area (TPSA) is 56.7 Å². The van der Waals surface area contributed by atoms with Crippen LogP contribution in [0.2, 0.25) is 0 Å². The van der Waals surface area contributed by atoms with E-state index in [0.29, 0.717) is 19.0 Å². The molecule has 6 heteroatoms. The van der Waals surface area contributed by atoms with Gasteiger partial charge in [0.25, 0.3) is 0 Å². The molecule has 0 spiro atoms. The zero-order chi connectivity index (χ0) is 20.5. The minimum atomic E-state index is 0.543. The van der Waals surface area contributed by atoms with Gasteiger partial charge < -0.3 is 19.1 Å². The molecule has 2 aromatic rings. The first-order valence-electron chi connectivity index (χ1n) is 9.98. The summed E-state index contributed by atoms with van der Waals surface area (Å²) in [5.74, 6) is 2.33. The van der Waals surface area contributed by atoms with Gasteiger partial charge in [0.2, 0.25) is 0 Å². The van der Waals surface area contributed by atoms with E-state index in [4.69, 9.17) is 14.2 Å². The van der Waals surface area contributed by atoms with Crippen LogP contribution in [0.3, 0.4) is 0 Å². The minimum Gasteiger partial charge on any atom is -0.497 e. The number of anilines is 1. The zero-order valence-electron chi connectivity index (χ0n) is 17.1. The van der Waals surface area contributed by atoms with Gasteiger partial charge in [-0.15, -0.1) is 6.58 Å². The highest BCUT2D eigenvalue weighted by Crippen LogP contribution is 2.36. The van der Waals surface area contributed by atoms with Crippen molar-refractivity contribution in [2.75, 3.05) is 38.3 Å². The highest BCUT2D eigenvalue weighted by atomic mass is 16.5. The van der Waals surface area contributed by atoms with Gasteiger partial charge in [0.15, 0.2) is 11.5 Å². The van der Waals surface area contributed by atoms with Crippen LogP contribution in [0, 0.1) is 0 Å².